The molecule has 0 bridgehead atoms. The Kier molecular flexibility index (Phi) is 4.49. The minimum Gasteiger partial charge on any atom is -0.330 e. The average molecular weight is 375 g/mol. The van der Waals surface area contributed by atoms with Crippen LogP contribution in [-0.2, 0) is 14.8 Å². The van der Waals surface area contributed by atoms with E-state index in [2.05, 4.69) is 21.2 Å². The Morgan fingerprint density at radius 1 is 1.12 bits per heavy atom. The lowest BCUT2D eigenvalue weighted by Gasteiger charge is -2.11. The molecule has 1 aliphatic rings. The van der Waals surface area contributed by atoms with Crippen LogP contribution in [0, 0.1) is 0 Å². The fourth-order valence-electron chi connectivity index (χ4n) is 2.29. The number of nitrogens with two attached hydrogens (primary N) is 1. The molecule has 1 amide bonds. The third-order valence-corrected chi connectivity index (χ3v) is 4.52. The third-order valence-electron chi connectivity index (χ3n) is 3.36. The Labute approximate surface area is 149 Å². The fourth-order valence-corrected chi connectivity index (χ4v) is 3.14. The zero-order chi connectivity index (χ0) is 18.0. The predicted molar refractivity (Wildman–Crippen MR) is 98.8 cm³/mol. The van der Waals surface area contributed by atoms with Crippen molar-refractivity contribution in [3.63, 3.8) is 0 Å². The maximum absolute atomic E-state index is 11.9. The number of rotatable bonds is 3. The van der Waals surface area contributed by atoms with Crippen LogP contribution in [0.25, 0.3) is 0 Å². The largest absolute Gasteiger partial charge is 0.330 e. The van der Waals surface area contributed by atoms with Crippen molar-refractivity contribution in [2.45, 2.75) is 4.90 Å². The van der Waals surface area contributed by atoms with Gasteiger partial charge in [-0.15, -0.1) is 0 Å². The number of fused-ring (bicyclic) bond motifs is 1. The van der Waals surface area contributed by atoms with E-state index in [9.17, 15) is 13.2 Å². The molecule has 2 aromatic rings. The topological polar surface area (TPSA) is 126 Å². The molecule has 0 aliphatic carbocycles. The van der Waals surface area contributed by atoms with E-state index in [0.717, 1.165) is 0 Å². The van der Waals surface area contributed by atoms with E-state index in [1.807, 2.05) is 0 Å². The van der Waals surface area contributed by atoms with Crippen molar-refractivity contribution in [3.05, 3.63) is 54.1 Å². The number of para-hydroxylation sites is 2. The highest BCUT2D eigenvalue weighted by Gasteiger charge is 2.25. The average Bonchev–Trinajstić information content (AvgIpc) is 2.87. The molecular formula is C15H13N5O3S2. The highest BCUT2D eigenvalue weighted by molar-refractivity contribution is 7.89. The van der Waals surface area contributed by atoms with Crippen LogP contribution >= 0.6 is 12.2 Å². The van der Waals surface area contributed by atoms with Gasteiger partial charge >= 0.3 is 0 Å². The van der Waals surface area contributed by atoms with Gasteiger partial charge in [0.2, 0.25) is 10.0 Å². The van der Waals surface area contributed by atoms with Crippen molar-refractivity contribution in [2.75, 3.05) is 10.6 Å². The molecule has 0 saturated carbocycles. The number of sulfonamides is 1. The number of hydrazone groups is 1. The lowest BCUT2D eigenvalue weighted by molar-refractivity contribution is -0.110. The van der Waals surface area contributed by atoms with E-state index >= 15 is 0 Å². The number of nitrogens with zero attached hydrogens (tertiary/aromatic N) is 1. The Morgan fingerprint density at radius 2 is 1.80 bits per heavy atom. The maximum Gasteiger partial charge on any atom is 0.276 e. The smallest absolute Gasteiger partial charge is 0.276 e. The highest BCUT2D eigenvalue weighted by atomic mass is 32.2. The Bertz CT molecular complexity index is 1000. The first-order valence-electron chi connectivity index (χ1n) is 7.03. The Hall–Kier alpha value is -2.82. The number of primary sulfonamides is 1. The van der Waals surface area contributed by atoms with Crippen LogP contribution in [0.2, 0.25) is 0 Å². The number of amides is 1. The minimum atomic E-state index is -3.91. The van der Waals surface area contributed by atoms with Gasteiger partial charge in [-0.1, -0.05) is 30.3 Å². The van der Waals surface area contributed by atoms with Gasteiger partial charge in [0.05, 0.1) is 11.4 Å². The van der Waals surface area contributed by atoms with Crippen LogP contribution in [0.3, 0.4) is 0 Å². The molecule has 1 heterocycles. The number of thiocarbonyl (C=S) groups is 1. The van der Waals surface area contributed by atoms with Crippen molar-refractivity contribution in [3.8, 4) is 0 Å². The summed E-state index contributed by atoms with van der Waals surface area (Å²) in [4.78, 5) is 11.8. The molecule has 0 atom stereocenters. The standard InChI is InChI=1S/C15H13N5O3S2/c16-25(22,23)12-8-4-3-7-11(12)18-15(24)20-19-13-9-5-1-2-6-10(9)17-14(13)21/h1-8H,(H2,16,22,23)(H,17,19,21)(H2,18,20,24). The number of hydrogen-bond donors (Lipinski definition) is 4. The van der Waals surface area contributed by atoms with Gasteiger partial charge in [-0.05, 0) is 30.4 Å². The number of carbonyl (C=O) groups is 1. The van der Waals surface area contributed by atoms with E-state index in [4.69, 9.17) is 17.4 Å². The summed E-state index contributed by atoms with van der Waals surface area (Å²) < 4.78 is 23.2. The fraction of sp³-hybridized carbons (Fsp3) is 0. The molecule has 10 heteroatoms. The second-order valence-corrected chi connectivity index (χ2v) is 7.01. The first kappa shape index (κ1) is 17.0. The van der Waals surface area contributed by atoms with Crippen molar-refractivity contribution >= 4 is 50.3 Å². The van der Waals surface area contributed by atoms with Crippen LogP contribution < -0.4 is 21.2 Å². The first-order chi connectivity index (χ1) is 11.9. The molecule has 0 unspecified atom stereocenters. The van der Waals surface area contributed by atoms with Gasteiger partial charge in [0.1, 0.15) is 4.90 Å². The molecule has 25 heavy (non-hydrogen) atoms. The van der Waals surface area contributed by atoms with Crippen LogP contribution in [-0.4, -0.2) is 25.1 Å². The van der Waals surface area contributed by atoms with Gasteiger partial charge in [-0.2, -0.15) is 5.10 Å². The quantitative estimate of drug-likeness (QED) is 0.468. The summed E-state index contributed by atoms with van der Waals surface area (Å²) in [6, 6.07) is 13.1. The van der Waals surface area contributed by atoms with Gasteiger partial charge < -0.3 is 10.6 Å². The predicted octanol–water partition coefficient (Wildman–Crippen LogP) is 0.977. The summed E-state index contributed by atoms with van der Waals surface area (Å²) in [5.74, 6) is -0.360. The maximum atomic E-state index is 11.9. The summed E-state index contributed by atoms with van der Waals surface area (Å²) in [7, 11) is -3.91. The molecule has 3 rings (SSSR count). The molecule has 0 spiro atoms. The van der Waals surface area contributed by atoms with Gasteiger partial charge in [-0.25, -0.2) is 13.6 Å². The number of benzene rings is 2. The van der Waals surface area contributed by atoms with Crippen LogP contribution in [0.15, 0.2) is 58.5 Å². The third kappa shape index (κ3) is 3.65. The summed E-state index contributed by atoms with van der Waals surface area (Å²) in [5.41, 5.74) is 4.23. The zero-order valence-electron chi connectivity index (χ0n) is 12.7. The summed E-state index contributed by atoms with van der Waals surface area (Å²) in [5, 5.41) is 14.6. The van der Waals surface area contributed by atoms with Crippen LogP contribution in [0.4, 0.5) is 11.4 Å². The molecular weight excluding hydrogens is 362 g/mol. The second-order valence-electron chi connectivity index (χ2n) is 5.07. The van der Waals surface area contributed by atoms with Gasteiger partial charge in [-0.3, -0.25) is 10.2 Å². The van der Waals surface area contributed by atoms with Crippen molar-refractivity contribution in [1.82, 2.24) is 5.43 Å². The molecule has 0 aromatic heterocycles. The summed E-state index contributed by atoms with van der Waals surface area (Å²) >= 11 is 5.09. The van der Waals surface area contributed by atoms with E-state index in [0.29, 0.717) is 11.3 Å². The lowest BCUT2D eigenvalue weighted by atomic mass is 10.1. The van der Waals surface area contributed by atoms with Crippen molar-refractivity contribution < 1.29 is 13.2 Å². The number of hydrogen-bond acceptors (Lipinski definition) is 5. The van der Waals surface area contributed by atoms with E-state index in [1.54, 1.807) is 36.4 Å². The molecule has 0 radical (unpaired) electrons. The highest BCUT2D eigenvalue weighted by Crippen LogP contribution is 2.22. The molecule has 5 N–H and O–H groups in total. The number of carbonyl (C=O) groups excluding carboxylic acids is 1. The van der Waals surface area contributed by atoms with E-state index < -0.39 is 10.0 Å². The minimum absolute atomic E-state index is 0.0146. The van der Waals surface area contributed by atoms with Crippen molar-refractivity contribution in [2.24, 2.45) is 10.2 Å². The number of nitrogens with one attached hydrogen (secondary N) is 3. The Morgan fingerprint density at radius 3 is 2.56 bits per heavy atom. The molecule has 8 nitrogen and oxygen atoms in total. The molecule has 128 valence electrons. The van der Waals surface area contributed by atoms with E-state index in [-0.39, 0.29) is 27.3 Å². The van der Waals surface area contributed by atoms with Crippen LogP contribution in [0.1, 0.15) is 5.56 Å². The van der Waals surface area contributed by atoms with Gasteiger partial charge in [0.15, 0.2) is 10.8 Å². The zero-order valence-corrected chi connectivity index (χ0v) is 14.3. The van der Waals surface area contributed by atoms with E-state index in [1.165, 1.54) is 12.1 Å². The normalized spacial score (nSPS) is 14.8. The van der Waals surface area contributed by atoms with Crippen molar-refractivity contribution in [1.29, 1.82) is 0 Å². The second kappa shape index (κ2) is 6.59. The van der Waals surface area contributed by atoms with Gasteiger partial charge in [0.25, 0.3) is 5.91 Å². The SMILES string of the molecule is NS(=O)(=O)c1ccccc1NC(=S)N/N=C1\C(=O)Nc2ccccc21. The molecule has 0 saturated heterocycles. The summed E-state index contributed by atoms with van der Waals surface area (Å²) in [6.45, 7) is 0. The Balaban J connectivity index is 1.78. The molecule has 0 fully saturated rings. The van der Waals surface area contributed by atoms with Gasteiger partial charge in [0, 0.05) is 5.56 Å². The monoisotopic (exact) mass is 375 g/mol. The number of anilines is 2. The first-order valence-corrected chi connectivity index (χ1v) is 8.99. The summed E-state index contributed by atoms with van der Waals surface area (Å²) in [6.07, 6.45) is 0. The molecule has 2 aromatic carbocycles. The molecule has 1 aliphatic heterocycles. The lowest BCUT2D eigenvalue weighted by Crippen LogP contribution is -2.28. The van der Waals surface area contributed by atoms with Crippen LogP contribution in [0.5, 0.6) is 0 Å².